The van der Waals surface area contributed by atoms with Crippen molar-refractivity contribution in [3.8, 4) is 5.75 Å². The molecule has 0 aliphatic heterocycles. The fourth-order valence-corrected chi connectivity index (χ4v) is 4.26. The van der Waals surface area contributed by atoms with Crippen molar-refractivity contribution in [2.75, 3.05) is 19.0 Å². The molecule has 3 rings (SSSR count). The number of unbranched alkanes of at least 4 members (excludes halogenated alkanes) is 1. The van der Waals surface area contributed by atoms with E-state index in [0.717, 1.165) is 18.6 Å². The van der Waals surface area contributed by atoms with Gasteiger partial charge in [-0.25, -0.2) is 0 Å². The highest BCUT2D eigenvalue weighted by molar-refractivity contribution is 6.04. The molecular formula is C27H36N2O3. The van der Waals surface area contributed by atoms with Crippen LogP contribution in [-0.4, -0.2) is 36.4 Å². The van der Waals surface area contributed by atoms with Gasteiger partial charge in [-0.15, -0.1) is 0 Å². The van der Waals surface area contributed by atoms with Gasteiger partial charge in [-0.3, -0.25) is 9.59 Å². The third-order valence-electron chi connectivity index (χ3n) is 6.54. The van der Waals surface area contributed by atoms with Crippen LogP contribution < -0.4 is 10.1 Å². The Hall–Kier alpha value is -2.82. The van der Waals surface area contributed by atoms with Crippen molar-refractivity contribution in [2.45, 2.75) is 64.8 Å². The van der Waals surface area contributed by atoms with E-state index in [1.165, 1.54) is 32.1 Å². The molecule has 0 spiro atoms. The number of benzene rings is 2. The zero-order valence-electron chi connectivity index (χ0n) is 19.6. The molecule has 5 heteroatoms. The Morgan fingerprint density at radius 2 is 1.62 bits per heavy atom. The third kappa shape index (κ3) is 6.35. The summed E-state index contributed by atoms with van der Waals surface area (Å²) in [6.45, 7) is 4.96. The second-order valence-corrected chi connectivity index (χ2v) is 8.81. The summed E-state index contributed by atoms with van der Waals surface area (Å²) in [5.74, 6) is 1.19. The number of anilines is 1. The summed E-state index contributed by atoms with van der Waals surface area (Å²) in [4.78, 5) is 27.4. The first-order chi connectivity index (χ1) is 15.5. The van der Waals surface area contributed by atoms with E-state index in [-0.39, 0.29) is 17.9 Å². The predicted molar refractivity (Wildman–Crippen MR) is 129 cm³/mol. The molecule has 5 nitrogen and oxygen atoms in total. The Morgan fingerprint density at radius 1 is 1.00 bits per heavy atom. The van der Waals surface area contributed by atoms with E-state index in [1.54, 1.807) is 36.4 Å². The van der Waals surface area contributed by atoms with E-state index in [4.69, 9.17) is 4.74 Å². The first-order valence-corrected chi connectivity index (χ1v) is 11.9. The van der Waals surface area contributed by atoms with Crippen LogP contribution in [0.5, 0.6) is 5.75 Å². The van der Waals surface area contributed by atoms with Crippen LogP contribution in [0.15, 0.2) is 48.5 Å². The Bertz CT molecular complexity index is 871. The van der Waals surface area contributed by atoms with E-state index in [2.05, 4.69) is 19.2 Å². The van der Waals surface area contributed by atoms with Crippen LogP contribution >= 0.6 is 0 Å². The quantitative estimate of drug-likeness (QED) is 0.479. The summed E-state index contributed by atoms with van der Waals surface area (Å²) in [6.07, 6.45) is 8.34. The van der Waals surface area contributed by atoms with Gasteiger partial charge in [0, 0.05) is 29.9 Å². The highest BCUT2D eigenvalue weighted by Crippen LogP contribution is 2.29. The summed E-state index contributed by atoms with van der Waals surface area (Å²) >= 11 is 0. The zero-order valence-corrected chi connectivity index (χ0v) is 19.6. The molecule has 172 valence electrons. The maximum atomic E-state index is 12.9. The largest absolute Gasteiger partial charge is 0.494 e. The fraction of sp³-hybridized carbons (Fsp3) is 0.481. The molecule has 2 aromatic carbocycles. The van der Waals surface area contributed by atoms with Crippen LogP contribution in [0.2, 0.25) is 0 Å². The van der Waals surface area contributed by atoms with Gasteiger partial charge < -0.3 is 15.0 Å². The smallest absolute Gasteiger partial charge is 0.255 e. The van der Waals surface area contributed by atoms with Crippen LogP contribution in [-0.2, 0) is 0 Å². The number of nitrogens with zero attached hydrogens (tertiary/aromatic N) is 1. The lowest BCUT2D eigenvalue weighted by Crippen LogP contribution is -2.40. The fourth-order valence-electron chi connectivity index (χ4n) is 4.26. The molecule has 0 saturated heterocycles. The molecule has 32 heavy (non-hydrogen) atoms. The van der Waals surface area contributed by atoms with Crippen LogP contribution in [0.1, 0.15) is 79.5 Å². The molecule has 1 saturated carbocycles. The molecule has 1 fully saturated rings. The first kappa shape index (κ1) is 23.8. The average Bonchev–Trinajstić information content (AvgIpc) is 2.84. The minimum Gasteiger partial charge on any atom is -0.494 e. The maximum absolute atomic E-state index is 12.9. The number of carbonyl (C=O) groups is 2. The van der Waals surface area contributed by atoms with Crippen molar-refractivity contribution in [2.24, 2.45) is 5.92 Å². The molecule has 1 unspecified atom stereocenters. The number of carbonyl (C=O) groups excluding carboxylic acids is 2. The molecule has 2 aromatic rings. The topological polar surface area (TPSA) is 58.6 Å². The molecule has 1 N–H and O–H groups in total. The van der Waals surface area contributed by atoms with Crippen LogP contribution in [0.4, 0.5) is 5.69 Å². The van der Waals surface area contributed by atoms with Gasteiger partial charge >= 0.3 is 0 Å². The molecule has 0 heterocycles. The lowest BCUT2D eigenvalue weighted by Gasteiger charge is -2.34. The van der Waals surface area contributed by atoms with Gasteiger partial charge in [0.05, 0.1) is 6.61 Å². The SMILES string of the molecule is CCCCOc1ccc(C(=O)Nc2ccc(C(=O)N(C)C(C)C3CCCCC3)cc2)cc1. The number of hydrogen-bond donors (Lipinski definition) is 1. The van der Waals surface area contributed by atoms with Gasteiger partial charge in [-0.2, -0.15) is 0 Å². The second-order valence-electron chi connectivity index (χ2n) is 8.81. The maximum Gasteiger partial charge on any atom is 0.255 e. The molecular weight excluding hydrogens is 400 g/mol. The lowest BCUT2D eigenvalue weighted by atomic mass is 9.84. The number of ether oxygens (including phenoxy) is 1. The average molecular weight is 437 g/mol. The van der Waals surface area contributed by atoms with E-state index < -0.39 is 0 Å². The van der Waals surface area contributed by atoms with Gasteiger partial charge in [-0.05, 0) is 80.6 Å². The molecule has 0 radical (unpaired) electrons. The Labute approximate surface area is 192 Å². The monoisotopic (exact) mass is 436 g/mol. The van der Waals surface area contributed by atoms with E-state index in [1.807, 2.05) is 24.1 Å². The van der Waals surface area contributed by atoms with Gasteiger partial charge in [0.1, 0.15) is 5.75 Å². The molecule has 0 bridgehead atoms. The first-order valence-electron chi connectivity index (χ1n) is 11.9. The molecule has 1 atom stereocenters. The van der Waals surface area contributed by atoms with Crippen molar-refractivity contribution in [3.63, 3.8) is 0 Å². The third-order valence-corrected chi connectivity index (χ3v) is 6.54. The summed E-state index contributed by atoms with van der Waals surface area (Å²) in [6, 6.07) is 14.5. The standard InChI is InChI=1S/C27H36N2O3/c1-4-5-19-32-25-17-13-22(14-18-25)26(30)28-24-15-11-23(12-16-24)27(31)29(3)20(2)21-9-7-6-8-10-21/h11-18,20-21H,4-10,19H2,1-3H3,(H,28,30). The Balaban J connectivity index is 1.55. The minimum absolute atomic E-state index is 0.0274. The number of amides is 2. The number of nitrogens with one attached hydrogen (secondary N) is 1. The van der Waals surface area contributed by atoms with Gasteiger partial charge in [0.15, 0.2) is 0 Å². The number of hydrogen-bond acceptors (Lipinski definition) is 3. The Morgan fingerprint density at radius 3 is 2.25 bits per heavy atom. The van der Waals surface area contributed by atoms with E-state index in [0.29, 0.717) is 29.3 Å². The van der Waals surface area contributed by atoms with E-state index >= 15 is 0 Å². The van der Waals surface area contributed by atoms with Crippen LogP contribution in [0, 0.1) is 5.92 Å². The zero-order chi connectivity index (χ0) is 22.9. The Kier molecular flexibility index (Phi) is 8.72. The van der Waals surface area contributed by atoms with Crippen LogP contribution in [0.25, 0.3) is 0 Å². The summed E-state index contributed by atoms with van der Waals surface area (Å²) in [5.41, 5.74) is 1.87. The van der Waals surface area contributed by atoms with Crippen LogP contribution in [0.3, 0.4) is 0 Å². The van der Waals surface area contributed by atoms with Gasteiger partial charge in [-0.1, -0.05) is 32.6 Å². The summed E-state index contributed by atoms with van der Waals surface area (Å²) in [7, 11) is 1.90. The highest BCUT2D eigenvalue weighted by Gasteiger charge is 2.26. The second kappa shape index (κ2) is 11.7. The van der Waals surface area contributed by atoms with Crippen molar-refractivity contribution < 1.29 is 14.3 Å². The van der Waals surface area contributed by atoms with Crippen molar-refractivity contribution in [1.82, 2.24) is 4.90 Å². The van der Waals surface area contributed by atoms with Crippen molar-refractivity contribution in [3.05, 3.63) is 59.7 Å². The van der Waals surface area contributed by atoms with Gasteiger partial charge in [0.25, 0.3) is 11.8 Å². The lowest BCUT2D eigenvalue weighted by molar-refractivity contribution is 0.0665. The van der Waals surface area contributed by atoms with Crippen molar-refractivity contribution >= 4 is 17.5 Å². The molecule has 0 aromatic heterocycles. The highest BCUT2D eigenvalue weighted by atomic mass is 16.5. The molecule has 1 aliphatic carbocycles. The van der Waals surface area contributed by atoms with Crippen molar-refractivity contribution in [1.29, 1.82) is 0 Å². The summed E-state index contributed by atoms with van der Waals surface area (Å²) < 4.78 is 5.64. The molecule has 2 amide bonds. The minimum atomic E-state index is -0.188. The predicted octanol–water partition coefficient (Wildman–Crippen LogP) is 6.16. The number of rotatable bonds is 9. The normalized spacial score (nSPS) is 15.1. The molecule has 1 aliphatic rings. The van der Waals surface area contributed by atoms with Gasteiger partial charge in [0.2, 0.25) is 0 Å². The van der Waals surface area contributed by atoms with E-state index in [9.17, 15) is 9.59 Å². The summed E-state index contributed by atoms with van der Waals surface area (Å²) in [5, 5.41) is 2.90.